The fourth-order valence-corrected chi connectivity index (χ4v) is 10.0. The number of carboxylic acid groups (broad SMARTS) is 1. The van der Waals surface area contributed by atoms with Crippen LogP contribution >= 0.6 is 0 Å². The van der Waals surface area contributed by atoms with E-state index in [1.54, 1.807) is 0 Å². The lowest BCUT2D eigenvalue weighted by atomic mass is 9.58. The second-order valence-electron chi connectivity index (χ2n) is 13.5. The number of hydrogen-bond donors (Lipinski definition) is 2. The number of carbonyl (C=O) groups is 1. The summed E-state index contributed by atoms with van der Waals surface area (Å²) in [7, 11) is 0. The SMILES string of the molecule is C[C@]12CC=C3C=C4CC[C@@H](N5C[C@H](O)C[C@H]5C(=O)O)C[C@]45CC[C@]3(O5)[C@@H]1CCC2c1ccc2ccncc2c1. The van der Waals surface area contributed by atoms with Crippen molar-refractivity contribution in [2.75, 3.05) is 6.54 Å². The molecule has 2 saturated carbocycles. The molecular weight excluding hydrogens is 488 g/mol. The molecule has 2 saturated heterocycles. The number of aromatic nitrogens is 1. The molecule has 204 valence electrons. The largest absolute Gasteiger partial charge is 0.480 e. The van der Waals surface area contributed by atoms with Crippen LogP contribution in [0.15, 0.2) is 60.0 Å². The fourth-order valence-electron chi connectivity index (χ4n) is 10.0. The van der Waals surface area contributed by atoms with Crippen molar-refractivity contribution in [3.63, 3.8) is 0 Å². The number of ether oxygens (including phenoxy) is 1. The number of aliphatic carboxylic acids is 1. The Bertz CT molecular complexity index is 1430. The van der Waals surface area contributed by atoms with Crippen molar-refractivity contribution >= 4 is 16.7 Å². The molecular formula is C33H38N2O4. The van der Waals surface area contributed by atoms with Gasteiger partial charge in [0.1, 0.15) is 6.04 Å². The fraction of sp³-hybridized carbons (Fsp3) is 0.576. The number of aliphatic hydroxyl groups is 1. The zero-order valence-electron chi connectivity index (χ0n) is 22.7. The Morgan fingerprint density at radius 2 is 2.05 bits per heavy atom. The monoisotopic (exact) mass is 526 g/mol. The predicted molar refractivity (Wildman–Crippen MR) is 148 cm³/mol. The molecule has 3 aliphatic carbocycles. The molecule has 2 bridgehead atoms. The van der Waals surface area contributed by atoms with E-state index in [2.05, 4.69) is 53.2 Å². The Balaban J connectivity index is 1.12. The van der Waals surface area contributed by atoms with Crippen molar-refractivity contribution in [3.8, 4) is 0 Å². The summed E-state index contributed by atoms with van der Waals surface area (Å²) >= 11 is 0. The van der Waals surface area contributed by atoms with Gasteiger partial charge in [-0.3, -0.25) is 14.7 Å². The minimum atomic E-state index is -0.812. The molecule has 6 aliphatic rings. The van der Waals surface area contributed by atoms with Crippen LogP contribution in [0.3, 0.4) is 0 Å². The molecule has 6 nitrogen and oxygen atoms in total. The van der Waals surface area contributed by atoms with E-state index < -0.39 is 18.1 Å². The van der Waals surface area contributed by atoms with Crippen molar-refractivity contribution in [1.29, 1.82) is 0 Å². The van der Waals surface area contributed by atoms with E-state index in [4.69, 9.17) is 4.74 Å². The van der Waals surface area contributed by atoms with Gasteiger partial charge in [-0.05, 0) is 103 Å². The molecule has 2 spiro atoms. The summed E-state index contributed by atoms with van der Waals surface area (Å²) in [5.41, 5.74) is 3.88. The van der Waals surface area contributed by atoms with Crippen LogP contribution in [-0.4, -0.2) is 62.0 Å². The van der Waals surface area contributed by atoms with Gasteiger partial charge in [0.05, 0.1) is 17.3 Å². The lowest BCUT2D eigenvalue weighted by Gasteiger charge is -2.55. The van der Waals surface area contributed by atoms with Gasteiger partial charge < -0.3 is 14.9 Å². The molecule has 8 atom stereocenters. The van der Waals surface area contributed by atoms with Crippen molar-refractivity contribution in [3.05, 3.63) is 65.5 Å². The van der Waals surface area contributed by atoms with Gasteiger partial charge in [0.15, 0.2) is 0 Å². The van der Waals surface area contributed by atoms with Crippen LogP contribution in [-0.2, 0) is 9.53 Å². The van der Waals surface area contributed by atoms with E-state index in [0.717, 1.165) is 38.5 Å². The highest BCUT2D eigenvalue weighted by Crippen LogP contribution is 2.69. The third-order valence-corrected chi connectivity index (χ3v) is 11.8. The maximum absolute atomic E-state index is 12.0. The number of β-amino-alcohol motifs (C(OH)–C–C–N with tert-alkyl or cyclic N) is 1. The number of aliphatic hydroxyl groups excluding tert-OH is 1. The summed E-state index contributed by atoms with van der Waals surface area (Å²) in [4.78, 5) is 18.4. The molecule has 0 radical (unpaired) electrons. The van der Waals surface area contributed by atoms with Crippen LogP contribution < -0.4 is 0 Å². The number of benzene rings is 1. The zero-order valence-corrected chi connectivity index (χ0v) is 22.7. The van der Waals surface area contributed by atoms with Crippen molar-refractivity contribution in [2.24, 2.45) is 11.3 Å². The lowest BCUT2D eigenvalue weighted by Crippen LogP contribution is -2.56. The average molecular weight is 527 g/mol. The zero-order chi connectivity index (χ0) is 26.6. The Morgan fingerprint density at radius 1 is 1.15 bits per heavy atom. The van der Waals surface area contributed by atoms with Gasteiger partial charge >= 0.3 is 5.97 Å². The molecule has 6 heteroatoms. The summed E-state index contributed by atoms with van der Waals surface area (Å²) in [6.45, 7) is 2.96. The first kappa shape index (κ1) is 24.3. The normalized spacial score (nSPS) is 43.0. The van der Waals surface area contributed by atoms with Gasteiger partial charge in [0.2, 0.25) is 0 Å². The number of carboxylic acids is 1. The number of nitrogens with zero attached hydrogens (tertiary/aromatic N) is 2. The first-order valence-electron chi connectivity index (χ1n) is 14.9. The number of hydrogen-bond acceptors (Lipinski definition) is 5. The first-order chi connectivity index (χ1) is 18.8. The summed E-state index contributed by atoms with van der Waals surface area (Å²) < 4.78 is 7.44. The summed E-state index contributed by atoms with van der Waals surface area (Å²) in [6.07, 6.45) is 16.8. The van der Waals surface area contributed by atoms with Crippen LogP contribution in [0.1, 0.15) is 76.2 Å². The van der Waals surface area contributed by atoms with Crippen LogP contribution in [0.5, 0.6) is 0 Å². The molecule has 39 heavy (non-hydrogen) atoms. The molecule has 2 aromatic rings. The highest BCUT2D eigenvalue weighted by Gasteiger charge is 2.67. The highest BCUT2D eigenvalue weighted by molar-refractivity contribution is 5.82. The number of likely N-dealkylation sites (tertiary alicyclic amines) is 1. The van der Waals surface area contributed by atoms with Gasteiger partial charge in [0, 0.05) is 36.8 Å². The van der Waals surface area contributed by atoms with Gasteiger partial charge in [-0.15, -0.1) is 0 Å². The first-order valence-corrected chi connectivity index (χ1v) is 14.9. The molecule has 1 unspecified atom stereocenters. The minimum Gasteiger partial charge on any atom is -0.480 e. The standard InChI is InChI=1S/C33H38N2O4/c1-31-10-8-24-15-23-4-5-25(35-19-26(36)16-28(35)30(37)38)17-32(23)11-12-33(24,39-32)29(31)7-6-27(31)21-3-2-20-9-13-34-18-22(20)14-21/h2-3,8-9,13-15,18,25-29,36H,4-7,10-12,16-17,19H2,1H3,(H,37,38)/t25-,26-,27?,28+,29-,31-,32-,33-/m1/s1. The van der Waals surface area contributed by atoms with Crippen molar-refractivity contribution in [2.45, 2.75) is 100 Å². The quantitative estimate of drug-likeness (QED) is 0.560. The van der Waals surface area contributed by atoms with Crippen LogP contribution in [0.2, 0.25) is 0 Å². The third kappa shape index (κ3) is 3.31. The Morgan fingerprint density at radius 3 is 2.92 bits per heavy atom. The number of fused-ring (bicyclic) bond motifs is 2. The smallest absolute Gasteiger partial charge is 0.321 e. The van der Waals surface area contributed by atoms with Gasteiger partial charge in [0.25, 0.3) is 0 Å². The van der Waals surface area contributed by atoms with E-state index in [1.807, 2.05) is 12.4 Å². The average Bonchev–Trinajstić information content (AvgIpc) is 3.59. The number of rotatable bonds is 3. The van der Waals surface area contributed by atoms with Gasteiger partial charge in [-0.25, -0.2) is 0 Å². The summed E-state index contributed by atoms with van der Waals surface area (Å²) in [5.74, 6) is 0.149. The topological polar surface area (TPSA) is 82.9 Å². The van der Waals surface area contributed by atoms with Crippen LogP contribution in [0.25, 0.3) is 10.8 Å². The van der Waals surface area contributed by atoms with Crippen LogP contribution in [0, 0.1) is 11.3 Å². The van der Waals surface area contributed by atoms with E-state index >= 15 is 0 Å². The van der Waals surface area contributed by atoms with Crippen molar-refractivity contribution in [1.82, 2.24) is 9.88 Å². The second-order valence-corrected chi connectivity index (χ2v) is 13.5. The molecule has 2 N–H and O–H groups in total. The lowest BCUT2D eigenvalue weighted by molar-refractivity contribution is -0.150. The minimum absolute atomic E-state index is 0.137. The highest BCUT2D eigenvalue weighted by atomic mass is 16.5. The van der Waals surface area contributed by atoms with E-state index in [9.17, 15) is 15.0 Å². The number of pyridine rings is 1. The third-order valence-electron chi connectivity index (χ3n) is 11.8. The molecule has 1 aromatic carbocycles. The molecule has 1 aromatic heterocycles. The predicted octanol–water partition coefficient (Wildman–Crippen LogP) is 5.37. The molecule has 4 heterocycles. The van der Waals surface area contributed by atoms with Gasteiger partial charge in [-0.2, -0.15) is 0 Å². The summed E-state index contributed by atoms with van der Waals surface area (Å²) in [5, 5.41) is 22.6. The molecule has 0 amide bonds. The second kappa shape index (κ2) is 8.25. The van der Waals surface area contributed by atoms with E-state index in [1.165, 1.54) is 40.3 Å². The summed E-state index contributed by atoms with van der Waals surface area (Å²) in [6, 6.07) is 8.59. The Hall–Kier alpha value is -2.54. The van der Waals surface area contributed by atoms with Crippen LogP contribution in [0.4, 0.5) is 0 Å². The Kier molecular flexibility index (Phi) is 5.13. The van der Waals surface area contributed by atoms with Gasteiger partial charge in [-0.1, -0.05) is 31.2 Å². The van der Waals surface area contributed by atoms with E-state index in [0.29, 0.717) is 24.8 Å². The Labute approximate surface area is 229 Å². The molecule has 4 fully saturated rings. The van der Waals surface area contributed by atoms with Crippen molar-refractivity contribution < 1.29 is 19.7 Å². The maximum atomic E-state index is 12.0. The maximum Gasteiger partial charge on any atom is 0.321 e. The molecule has 8 rings (SSSR count). The molecule has 3 aliphatic heterocycles. The number of allylic oxidation sites excluding steroid dienone is 1. The van der Waals surface area contributed by atoms with E-state index in [-0.39, 0.29) is 22.7 Å².